The van der Waals surface area contributed by atoms with Gasteiger partial charge in [-0.3, -0.25) is 9.48 Å². The normalized spacial score (nSPS) is 10.9. The number of nitrogens with one attached hydrogen (secondary N) is 1. The first kappa shape index (κ1) is 22.7. The summed E-state index contributed by atoms with van der Waals surface area (Å²) in [6.45, 7) is 6.51. The van der Waals surface area contributed by atoms with E-state index in [1.54, 1.807) is 11.4 Å². The third kappa shape index (κ3) is 5.28. The summed E-state index contributed by atoms with van der Waals surface area (Å²) in [5.74, 6) is -1.72. The fourth-order valence-electron chi connectivity index (χ4n) is 3.40. The van der Waals surface area contributed by atoms with Crippen molar-refractivity contribution in [3.8, 4) is 5.75 Å². The number of aromatic nitrogens is 2. The van der Waals surface area contributed by atoms with Crippen LogP contribution in [0.4, 0.5) is 14.5 Å². The Bertz CT molecular complexity index is 1300. The van der Waals surface area contributed by atoms with E-state index in [9.17, 15) is 13.6 Å². The molecule has 0 aliphatic heterocycles. The Hall–Kier alpha value is -3.52. The Labute approximate surface area is 194 Å². The lowest BCUT2D eigenvalue weighted by atomic mass is 10.1. The zero-order chi connectivity index (χ0) is 23.5. The second-order valence-electron chi connectivity index (χ2n) is 7.83. The molecule has 4 rings (SSSR count). The molecule has 2 aromatic carbocycles. The minimum atomic E-state index is -0.767. The van der Waals surface area contributed by atoms with Crippen LogP contribution in [0.25, 0.3) is 0 Å². The molecule has 2 heterocycles. The molecule has 0 aliphatic carbocycles. The SMILES string of the molecule is Cc1ccc(Cn2nc(C)c(NC(=O)c3cc(COc4ccc(F)cc4F)cs3)c2C)cc1. The van der Waals surface area contributed by atoms with E-state index in [4.69, 9.17) is 4.74 Å². The van der Waals surface area contributed by atoms with Gasteiger partial charge in [0.2, 0.25) is 0 Å². The van der Waals surface area contributed by atoms with Gasteiger partial charge in [-0.15, -0.1) is 11.3 Å². The van der Waals surface area contributed by atoms with Gasteiger partial charge in [0.05, 0.1) is 28.5 Å². The van der Waals surface area contributed by atoms with Crippen LogP contribution in [0.2, 0.25) is 0 Å². The number of thiophene rings is 1. The van der Waals surface area contributed by atoms with Crippen LogP contribution in [-0.4, -0.2) is 15.7 Å². The van der Waals surface area contributed by atoms with Crippen molar-refractivity contribution in [3.05, 3.63) is 98.5 Å². The van der Waals surface area contributed by atoms with Gasteiger partial charge in [-0.2, -0.15) is 5.10 Å². The lowest BCUT2D eigenvalue weighted by Gasteiger charge is -2.07. The number of anilines is 1. The average molecular weight is 468 g/mol. The molecule has 2 aromatic heterocycles. The maximum atomic E-state index is 13.7. The van der Waals surface area contributed by atoms with Gasteiger partial charge < -0.3 is 10.1 Å². The monoisotopic (exact) mass is 467 g/mol. The lowest BCUT2D eigenvalue weighted by molar-refractivity contribution is 0.103. The van der Waals surface area contributed by atoms with E-state index in [0.29, 0.717) is 17.1 Å². The molecule has 0 atom stereocenters. The Kier molecular flexibility index (Phi) is 6.55. The molecule has 8 heteroatoms. The molecule has 0 spiro atoms. The molecule has 0 bridgehead atoms. The van der Waals surface area contributed by atoms with Crippen LogP contribution in [0.5, 0.6) is 5.75 Å². The Balaban J connectivity index is 1.42. The lowest BCUT2D eigenvalue weighted by Crippen LogP contribution is -2.12. The number of carbonyl (C=O) groups is 1. The Morgan fingerprint density at radius 1 is 1.06 bits per heavy atom. The number of ether oxygens (including phenoxy) is 1. The van der Waals surface area contributed by atoms with Crippen molar-refractivity contribution < 1.29 is 18.3 Å². The number of amides is 1. The minimum absolute atomic E-state index is 0.0409. The van der Waals surface area contributed by atoms with Crippen molar-refractivity contribution in [3.63, 3.8) is 0 Å². The van der Waals surface area contributed by atoms with Crippen molar-refractivity contribution in [1.82, 2.24) is 9.78 Å². The topological polar surface area (TPSA) is 56.2 Å². The van der Waals surface area contributed by atoms with E-state index in [2.05, 4.69) is 34.7 Å². The molecule has 1 amide bonds. The van der Waals surface area contributed by atoms with E-state index in [1.807, 2.05) is 25.5 Å². The predicted molar refractivity (Wildman–Crippen MR) is 125 cm³/mol. The molecule has 0 fully saturated rings. The van der Waals surface area contributed by atoms with Crippen molar-refractivity contribution in [2.75, 3.05) is 5.32 Å². The first-order valence-corrected chi connectivity index (χ1v) is 11.2. The molecule has 0 saturated carbocycles. The van der Waals surface area contributed by atoms with Crippen LogP contribution in [-0.2, 0) is 13.2 Å². The first-order chi connectivity index (χ1) is 15.8. The van der Waals surface area contributed by atoms with Crippen molar-refractivity contribution in [2.24, 2.45) is 0 Å². The summed E-state index contributed by atoms with van der Waals surface area (Å²) in [7, 11) is 0. The van der Waals surface area contributed by atoms with Gasteiger partial charge in [0, 0.05) is 11.6 Å². The molecule has 1 N–H and O–H groups in total. The summed E-state index contributed by atoms with van der Waals surface area (Å²) < 4.78 is 34.0. The average Bonchev–Trinajstić information content (AvgIpc) is 3.35. The van der Waals surface area contributed by atoms with Gasteiger partial charge in [-0.1, -0.05) is 29.8 Å². The van der Waals surface area contributed by atoms with E-state index < -0.39 is 11.6 Å². The van der Waals surface area contributed by atoms with E-state index in [0.717, 1.165) is 34.6 Å². The van der Waals surface area contributed by atoms with Crippen LogP contribution in [0.15, 0.2) is 53.9 Å². The second kappa shape index (κ2) is 9.54. The maximum Gasteiger partial charge on any atom is 0.265 e. The number of nitrogens with zero attached hydrogens (tertiary/aromatic N) is 2. The molecule has 0 saturated heterocycles. The summed E-state index contributed by atoms with van der Waals surface area (Å²) in [5, 5.41) is 9.31. The minimum Gasteiger partial charge on any atom is -0.486 e. The van der Waals surface area contributed by atoms with Crippen molar-refractivity contribution in [2.45, 2.75) is 33.9 Å². The van der Waals surface area contributed by atoms with Crippen LogP contribution in [0.1, 0.15) is 37.7 Å². The summed E-state index contributed by atoms with van der Waals surface area (Å²) in [4.78, 5) is 13.3. The third-order valence-electron chi connectivity index (χ3n) is 5.24. The summed E-state index contributed by atoms with van der Waals surface area (Å²) in [6, 6.07) is 13.1. The van der Waals surface area contributed by atoms with Gasteiger partial charge in [0.25, 0.3) is 5.91 Å². The van der Waals surface area contributed by atoms with Gasteiger partial charge >= 0.3 is 0 Å². The molecule has 170 valence electrons. The summed E-state index contributed by atoms with van der Waals surface area (Å²) >= 11 is 1.27. The van der Waals surface area contributed by atoms with Crippen LogP contribution in [0.3, 0.4) is 0 Å². The number of carbonyl (C=O) groups excluding carboxylic acids is 1. The number of hydrogen-bond donors (Lipinski definition) is 1. The van der Waals surface area contributed by atoms with Crippen LogP contribution < -0.4 is 10.1 Å². The standard InChI is InChI=1S/C25H23F2N3O2S/c1-15-4-6-18(7-5-15)12-30-17(3)24(16(2)29-30)28-25(31)23-10-19(14-33-23)13-32-22-9-8-20(26)11-21(22)27/h4-11,14H,12-13H2,1-3H3,(H,28,31). The quantitative estimate of drug-likeness (QED) is 0.361. The van der Waals surface area contributed by atoms with Gasteiger partial charge in [0.1, 0.15) is 12.4 Å². The fourth-order valence-corrected chi connectivity index (χ4v) is 4.19. The number of hydrogen-bond acceptors (Lipinski definition) is 4. The zero-order valence-electron chi connectivity index (χ0n) is 18.5. The van der Waals surface area contributed by atoms with Gasteiger partial charge in [0.15, 0.2) is 11.6 Å². The second-order valence-corrected chi connectivity index (χ2v) is 8.74. The number of benzene rings is 2. The van der Waals surface area contributed by atoms with Crippen LogP contribution >= 0.6 is 11.3 Å². The highest BCUT2D eigenvalue weighted by Crippen LogP contribution is 2.24. The highest BCUT2D eigenvalue weighted by Gasteiger charge is 2.17. The van der Waals surface area contributed by atoms with Crippen LogP contribution in [0, 0.1) is 32.4 Å². The van der Waals surface area contributed by atoms with E-state index in [-0.39, 0.29) is 18.3 Å². The van der Waals surface area contributed by atoms with E-state index >= 15 is 0 Å². The Morgan fingerprint density at radius 2 is 1.82 bits per heavy atom. The molecule has 4 aromatic rings. The van der Waals surface area contributed by atoms with Gasteiger partial charge in [-0.25, -0.2) is 8.78 Å². The molecule has 0 unspecified atom stereocenters. The molecular weight excluding hydrogens is 444 g/mol. The molecular formula is C25H23F2N3O2S. The summed E-state index contributed by atoms with van der Waals surface area (Å²) in [6.07, 6.45) is 0. The predicted octanol–water partition coefficient (Wildman–Crippen LogP) is 6.03. The highest BCUT2D eigenvalue weighted by molar-refractivity contribution is 7.12. The molecule has 33 heavy (non-hydrogen) atoms. The van der Waals surface area contributed by atoms with Crippen molar-refractivity contribution in [1.29, 1.82) is 0 Å². The first-order valence-electron chi connectivity index (χ1n) is 10.4. The molecule has 5 nitrogen and oxygen atoms in total. The largest absolute Gasteiger partial charge is 0.486 e. The number of rotatable bonds is 7. The highest BCUT2D eigenvalue weighted by atomic mass is 32.1. The Morgan fingerprint density at radius 3 is 2.55 bits per heavy atom. The molecule has 0 aliphatic rings. The number of aryl methyl sites for hydroxylation is 2. The van der Waals surface area contributed by atoms with E-state index in [1.165, 1.54) is 23.0 Å². The molecule has 0 radical (unpaired) electrons. The third-order valence-corrected chi connectivity index (χ3v) is 6.22. The van der Waals surface area contributed by atoms with Crippen molar-refractivity contribution >= 4 is 22.9 Å². The summed E-state index contributed by atoms with van der Waals surface area (Å²) in [5.41, 5.74) is 5.34. The fraction of sp³-hybridized carbons (Fsp3) is 0.200. The maximum absolute atomic E-state index is 13.7. The zero-order valence-corrected chi connectivity index (χ0v) is 19.3. The van der Waals surface area contributed by atoms with Gasteiger partial charge in [-0.05, 0) is 49.9 Å². The number of halogens is 2. The smallest absolute Gasteiger partial charge is 0.265 e.